The highest BCUT2D eigenvalue weighted by Gasteiger charge is 2.14. The van der Waals surface area contributed by atoms with Crippen LogP contribution in [0.5, 0.6) is 0 Å². The molecule has 0 radical (unpaired) electrons. The van der Waals surface area contributed by atoms with Crippen molar-refractivity contribution < 1.29 is 14.3 Å². The van der Waals surface area contributed by atoms with E-state index in [4.69, 9.17) is 4.74 Å². The Morgan fingerprint density at radius 2 is 1.94 bits per heavy atom. The largest absolute Gasteiger partial charge is 0.624 e. The van der Waals surface area contributed by atoms with E-state index in [1.54, 1.807) is 0 Å². The normalized spacial score (nSPS) is 12.3. The van der Waals surface area contributed by atoms with Crippen molar-refractivity contribution in [2.24, 2.45) is 5.41 Å². The number of nitrogens with zero attached hydrogens (tertiary/aromatic N) is 1. The van der Waals surface area contributed by atoms with Gasteiger partial charge in [0.05, 0.1) is 0 Å². The fourth-order valence-corrected chi connectivity index (χ4v) is 1.39. The molecule has 0 bridgehead atoms. The van der Waals surface area contributed by atoms with Crippen molar-refractivity contribution in [3.8, 4) is 0 Å². The molecule has 0 unspecified atom stereocenters. The van der Waals surface area contributed by atoms with Crippen LogP contribution in [0.1, 0.15) is 26.3 Å². The lowest BCUT2D eigenvalue weighted by molar-refractivity contribution is -0.447. The van der Waals surface area contributed by atoms with Crippen molar-refractivity contribution in [2.45, 2.75) is 27.4 Å². The summed E-state index contributed by atoms with van der Waals surface area (Å²) < 4.78 is 5.63. The van der Waals surface area contributed by atoms with Gasteiger partial charge in [0.1, 0.15) is 6.61 Å². The number of esters is 1. The molecule has 0 aromatic heterocycles. The number of hydrogen-bond acceptors (Lipinski definition) is 3. The third kappa shape index (κ3) is 6.03. The quantitative estimate of drug-likeness (QED) is 0.270. The Hall–Kier alpha value is -1.84. The van der Waals surface area contributed by atoms with Gasteiger partial charge < -0.3 is 9.94 Å². The fraction of sp³-hybridized carbons (Fsp3) is 0.429. The molecule has 18 heavy (non-hydrogen) atoms. The summed E-state index contributed by atoms with van der Waals surface area (Å²) in [6.45, 7) is 5.61. The second-order valence-electron chi connectivity index (χ2n) is 5.22. The van der Waals surface area contributed by atoms with Crippen LogP contribution in [0, 0.1) is 10.6 Å². The van der Waals surface area contributed by atoms with Crippen molar-refractivity contribution in [2.75, 3.05) is 6.54 Å². The molecule has 1 aromatic carbocycles. The van der Waals surface area contributed by atoms with E-state index >= 15 is 0 Å². The molecule has 0 saturated carbocycles. The highest BCUT2D eigenvalue weighted by molar-refractivity contribution is 5.71. The third-order valence-electron chi connectivity index (χ3n) is 2.06. The second-order valence-corrected chi connectivity index (χ2v) is 5.22. The van der Waals surface area contributed by atoms with Crippen molar-refractivity contribution in [3.05, 3.63) is 41.1 Å². The molecule has 0 aliphatic rings. The van der Waals surface area contributed by atoms with Crippen LogP contribution in [0.4, 0.5) is 0 Å². The smallest absolute Gasteiger partial charge is 0.373 e. The molecule has 0 aliphatic carbocycles. The molecule has 4 heteroatoms. The number of rotatable bonds is 4. The van der Waals surface area contributed by atoms with E-state index in [0.29, 0.717) is 4.74 Å². The van der Waals surface area contributed by atoms with Crippen LogP contribution >= 0.6 is 0 Å². The van der Waals surface area contributed by atoms with Gasteiger partial charge in [-0.15, -0.1) is 0 Å². The minimum atomic E-state index is -0.519. The average Bonchev–Trinajstić information content (AvgIpc) is 2.25. The summed E-state index contributed by atoms with van der Waals surface area (Å²) in [4.78, 5) is 11.4. The van der Waals surface area contributed by atoms with Gasteiger partial charge in [-0.25, -0.2) is 9.53 Å². The first kappa shape index (κ1) is 14.2. The summed E-state index contributed by atoms with van der Waals surface area (Å²) in [5.74, 6) is -0.519. The lowest BCUT2D eigenvalue weighted by Gasteiger charge is -2.11. The predicted octanol–water partition coefficient (Wildman–Crippen LogP) is 2.36. The molecule has 4 nitrogen and oxygen atoms in total. The Balaban J connectivity index is 2.41. The summed E-state index contributed by atoms with van der Waals surface area (Å²) >= 11 is 0. The van der Waals surface area contributed by atoms with E-state index in [1.165, 1.54) is 6.21 Å². The molecule has 1 rings (SSSR count). The van der Waals surface area contributed by atoms with Gasteiger partial charge >= 0.3 is 5.97 Å². The number of carbonyl (C=O) groups excluding carboxylic acids is 1. The highest BCUT2D eigenvalue weighted by atomic mass is 16.5. The van der Waals surface area contributed by atoms with E-state index in [1.807, 2.05) is 51.1 Å². The fourth-order valence-electron chi connectivity index (χ4n) is 1.39. The van der Waals surface area contributed by atoms with Gasteiger partial charge in [0, 0.05) is 5.41 Å². The first-order valence-electron chi connectivity index (χ1n) is 5.86. The third-order valence-corrected chi connectivity index (χ3v) is 2.06. The topological polar surface area (TPSA) is 52.4 Å². The van der Waals surface area contributed by atoms with Gasteiger partial charge in [-0.3, -0.25) is 0 Å². The average molecular weight is 249 g/mol. The van der Waals surface area contributed by atoms with Gasteiger partial charge in [0.2, 0.25) is 6.54 Å². The monoisotopic (exact) mass is 249 g/mol. The Morgan fingerprint density at radius 3 is 2.50 bits per heavy atom. The number of ether oxygens (including phenoxy) is 1. The van der Waals surface area contributed by atoms with Crippen molar-refractivity contribution in [1.29, 1.82) is 0 Å². The first-order chi connectivity index (χ1) is 8.37. The second kappa shape index (κ2) is 6.19. The van der Waals surface area contributed by atoms with Crippen LogP contribution in [0.25, 0.3) is 0 Å². The van der Waals surface area contributed by atoms with E-state index in [9.17, 15) is 10.0 Å². The maximum Gasteiger partial charge on any atom is 0.373 e. The summed E-state index contributed by atoms with van der Waals surface area (Å²) in [5, 5.41) is 11.4. The van der Waals surface area contributed by atoms with E-state index in [0.717, 1.165) is 5.56 Å². The molecule has 0 saturated heterocycles. The zero-order chi connectivity index (χ0) is 13.6. The minimum Gasteiger partial charge on any atom is -0.624 e. The molecule has 0 atom stereocenters. The van der Waals surface area contributed by atoms with Crippen molar-refractivity contribution in [1.82, 2.24) is 0 Å². The maximum atomic E-state index is 11.4. The number of benzene rings is 1. The van der Waals surface area contributed by atoms with Crippen LogP contribution in [0.2, 0.25) is 0 Å². The lowest BCUT2D eigenvalue weighted by atomic mass is 9.99. The summed E-state index contributed by atoms with van der Waals surface area (Å²) in [6.07, 6.45) is 1.47. The molecular weight excluding hydrogens is 230 g/mol. The number of hydroxylamine groups is 1. The molecule has 1 aromatic rings. The molecule has 0 spiro atoms. The van der Waals surface area contributed by atoms with Gasteiger partial charge in [-0.2, -0.15) is 0 Å². The van der Waals surface area contributed by atoms with Crippen LogP contribution in [0.3, 0.4) is 0 Å². The Bertz CT molecular complexity index is 418. The SMILES string of the molecule is CC(C)(C)/C=[N+](\[O-])CC(=O)OCc1ccccc1. The van der Waals surface area contributed by atoms with E-state index < -0.39 is 5.97 Å². The zero-order valence-electron chi connectivity index (χ0n) is 11.1. The van der Waals surface area contributed by atoms with Crippen molar-refractivity contribution >= 4 is 12.2 Å². The number of carbonyl (C=O) groups is 1. The zero-order valence-corrected chi connectivity index (χ0v) is 11.1. The molecule has 0 heterocycles. The van der Waals surface area contributed by atoms with Crippen molar-refractivity contribution in [3.63, 3.8) is 0 Å². The van der Waals surface area contributed by atoms with E-state index in [-0.39, 0.29) is 18.6 Å². The molecule has 0 fully saturated rings. The molecule has 0 amide bonds. The summed E-state index contributed by atoms with van der Waals surface area (Å²) in [6, 6.07) is 9.36. The van der Waals surface area contributed by atoms with Gasteiger partial charge in [-0.05, 0) is 5.56 Å². The summed E-state index contributed by atoms with van der Waals surface area (Å²) in [5.41, 5.74) is 0.657. The standard InChI is InChI=1S/C14H19NO3/c1-14(2,3)11-15(17)9-13(16)18-10-12-7-5-4-6-8-12/h4-8,11H,9-10H2,1-3H3/b15-11-. The Labute approximate surface area is 107 Å². The van der Waals surface area contributed by atoms with Crippen LogP contribution in [-0.4, -0.2) is 23.5 Å². The Kier molecular flexibility index (Phi) is 4.89. The van der Waals surface area contributed by atoms with E-state index in [2.05, 4.69) is 0 Å². The molecule has 0 aliphatic heterocycles. The maximum absolute atomic E-state index is 11.4. The number of hydrogen-bond donors (Lipinski definition) is 0. The lowest BCUT2D eigenvalue weighted by Crippen LogP contribution is -2.23. The highest BCUT2D eigenvalue weighted by Crippen LogP contribution is 2.08. The van der Waals surface area contributed by atoms with Gasteiger partial charge in [0.15, 0.2) is 6.21 Å². The molecular formula is C14H19NO3. The Morgan fingerprint density at radius 1 is 1.33 bits per heavy atom. The van der Waals surface area contributed by atoms with Crippen LogP contribution in [-0.2, 0) is 16.1 Å². The van der Waals surface area contributed by atoms with Crippen LogP contribution in [0.15, 0.2) is 30.3 Å². The first-order valence-corrected chi connectivity index (χ1v) is 5.86. The van der Waals surface area contributed by atoms with Gasteiger partial charge in [-0.1, -0.05) is 51.1 Å². The summed E-state index contributed by atoms with van der Waals surface area (Å²) in [7, 11) is 0. The predicted molar refractivity (Wildman–Crippen MR) is 70.3 cm³/mol. The van der Waals surface area contributed by atoms with Gasteiger partial charge in [0.25, 0.3) is 0 Å². The molecule has 0 N–H and O–H groups in total. The minimum absolute atomic E-state index is 0.197. The molecule has 98 valence electrons. The van der Waals surface area contributed by atoms with Crippen LogP contribution < -0.4 is 0 Å².